The molecule has 0 aromatic carbocycles. The molecule has 6 heteroatoms. The van der Waals surface area contributed by atoms with E-state index >= 15 is 0 Å². The van der Waals surface area contributed by atoms with Gasteiger partial charge in [-0.1, -0.05) is 0 Å². The number of rotatable bonds is 6. The monoisotopic (exact) mass is 297 g/mol. The molecule has 0 N–H and O–H groups in total. The predicted octanol–water partition coefficient (Wildman–Crippen LogP) is 2.23. The summed E-state index contributed by atoms with van der Waals surface area (Å²) in [6.45, 7) is 8.05. The number of carbonyl (C=O) groups is 2. The molecular weight excluding hydrogens is 274 g/mol. The maximum absolute atomic E-state index is 11.7. The van der Waals surface area contributed by atoms with Gasteiger partial charge in [0.2, 0.25) is 5.76 Å². The number of esters is 2. The quantitative estimate of drug-likeness (QED) is 0.750. The third-order valence-corrected chi connectivity index (χ3v) is 2.38. The van der Waals surface area contributed by atoms with Gasteiger partial charge >= 0.3 is 11.9 Å². The van der Waals surface area contributed by atoms with Crippen molar-refractivity contribution in [2.75, 3.05) is 20.2 Å². The van der Waals surface area contributed by atoms with Crippen LogP contribution in [0.25, 0.3) is 0 Å². The molecule has 0 amide bonds. The molecule has 1 aromatic rings. The Morgan fingerprint density at radius 1 is 1.29 bits per heavy atom. The largest absolute Gasteiger partial charge is 0.460 e. The van der Waals surface area contributed by atoms with Gasteiger partial charge in [-0.15, -0.1) is 0 Å². The average molecular weight is 297 g/mol. The lowest BCUT2D eigenvalue weighted by Crippen LogP contribution is -2.32. The molecule has 21 heavy (non-hydrogen) atoms. The normalized spacial score (nSPS) is 11.5. The first-order chi connectivity index (χ1) is 9.71. The van der Waals surface area contributed by atoms with Gasteiger partial charge in [0.25, 0.3) is 0 Å². The van der Waals surface area contributed by atoms with Gasteiger partial charge in [0.05, 0.1) is 19.7 Å². The average Bonchev–Trinajstić information content (AvgIpc) is 2.74. The molecule has 1 heterocycles. The smallest absolute Gasteiger partial charge is 0.374 e. The highest BCUT2D eigenvalue weighted by Gasteiger charge is 2.18. The minimum Gasteiger partial charge on any atom is -0.460 e. The summed E-state index contributed by atoms with van der Waals surface area (Å²) in [5, 5.41) is 0. The molecule has 0 saturated heterocycles. The van der Waals surface area contributed by atoms with Gasteiger partial charge in [0, 0.05) is 0 Å². The van der Waals surface area contributed by atoms with Crippen molar-refractivity contribution in [3.05, 3.63) is 23.7 Å². The van der Waals surface area contributed by atoms with Gasteiger partial charge in [-0.2, -0.15) is 0 Å². The number of likely N-dealkylation sites (N-methyl/N-ethyl adjacent to an activating group) is 1. The van der Waals surface area contributed by atoms with Crippen LogP contribution in [0.3, 0.4) is 0 Å². The van der Waals surface area contributed by atoms with Gasteiger partial charge in [-0.05, 0) is 46.9 Å². The Morgan fingerprint density at radius 3 is 2.52 bits per heavy atom. The molecule has 0 unspecified atom stereocenters. The maximum atomic E-state index is 11.7. The standard InChI is InChI=1S/C15H23NO5/c1-6-19-14(18)12-8-7-11(20-12)9-16(5)10-13(17)21-15(2,3)4/h7-8H,6,9-10H2,1-5H3. The van der Waals surface area contributed by atoms with Crippen molar-refractivity contribution >= 4 is 11.9 Å². The fourth-order valence-electron chi connectivity index (χ4n) is 1.69. The summed E-state index contributed by atoms with van der Waals surface area (Å²) in [6, 6.07) is 3.26. The number of hydrogen-bond acceptors (Lipinski definition) is 6. The number of carbonyl (C=O) groups excluding carboxylic acids is 2. The molecule has 0 aliphatic rings. The lowest BCUT2D eigenvalue weighted by Gasteiger charge is -2.22. The van der Waals surface area contributed by atoms with Crippen LogP contribution in [-0.4, -0.2) is 42.6 Å². The fraction of sp³-hybridized carbons (Fsp3) is 0.600. The second-order valence-corrected chi connectivity index (χ2v) is 5.75. The van der Waals surface area contributed by atoms with Gasteiger partial charge in [0.1, 0.15) is 11.4 Å². The number of hydrogen-bond donors (Lipinski definition) is 0. The van der Waals surface area contributed by atoms with Gasteiger partial charge in [0.15, 0.2) is 0 Å². The Hall–Kier alpha value is -1.82. The van der Waals surface area contributed by atoms with Gasteiger partial charge < -0.3 is 13.9 Å². The second kappa shape index (κ2) is 7.26. The Labute approximate surface area is 125 Å². The summed E-state index contributed by atoms with van der Waals surface area (Å²) in [4.78, 5) is 24.9. The molecular formula is C15H23NO5. The highest BCUT2D eigenvalue weighted by molar-refractivity contribution is 5.86. The first kappa shape index (κ1) is 17.2. The third-order valence-electron chi connectivity index (χ3n) is 2.38. The molecule has 0 radical (unpaired) electrons. The maximum Gasteiger partial charge on any atom is 0.374 e. The van der Waals surface area contributed by atoms with E-state index in [2.05, 4.69) is 0 Å². The molecule has 0 spiro atoms. The highest BCUT2D eigenvalue weighted by atomic mass is 16.6. The van der Waals surface area contributed by atoms with Crippen LogP contribution in [0.1, 0.15) is 44.0 Å². The molecule has 118 valence electrons. The predicted molar refractivity (Wildman–Crippen MR) is 76.8 cm³/mol. The second-order valence-electron chi connectivity index (χ2n) is 5.75. The topological polar surface area (TPSA) is 69.0 Å². The van der Waals surface area contributed by atoms with E-state index in [-0.39, 0.29) is 18.3 Å². The zero-order chi connectivity index (χ0) is 16.0. The number of ether oxygens (including phenoxy) is 2. The summed E-state index contributed by atoms with van der Waals surface area (Å²) < 4.78 is 15.5. The van der Waals surface area contributed by atoms with E-state index in [9.17, 15) is 9.59 Å². The van der Waals surface area contributed by atoms with E-state index in [0.29, 0.717) is 18.9 Å². The van der Waals surface area contributed by atoms with E-state index < -0.39 is 11.6 Å². The van der Waals surface area contributed by atoms with Crippen molar-refractivity contribution in [2.45, 2.75) is 39.8 Å². The Kier molecular flexibility index (Phi) is 5.96. The van der Waals surface area contributed by atoms with E-state index in [1.165, 1.54) is 0 Å². The number of furan rings is 1. The van der Waals surface area contributed by atoms with Crippen molar-refractivity contribution in [2.24, 2.45) is 0 Å². The van der Waals surface area contributed by atoms with Crippen LogP contribution in [-0.2, 0) is 20.8 Å². The van der Waals surface area contributed by atoms with Crippen LogP contribution in [0, 0.1) is 0 Å². The van der Waals surface area contributed by atoms with Crippen LogP contribution in [0.4, 0.5) is 0 Å². The summed E-state index contributed by atoms with van der Waals surface area (Å²) in [7, 11) is 1.77. The third kappa shape index (κ3) is 6.44. The van der Waals surface area contributed by atoms with E-state index in [1.807, 2.05) is 20.8 Å². The number of nitrogens with zero attached hydrogens (tertiary/aromatic N) is 1. The van der Waals surface area contributed by atoms with Crippen molar-refractivity contribution in [3.8, 4) is 0 Å². The van der Waals surface area contributed by atoms with E-state index in [4.69, 9.17) is 13.9 Å². The lowest BCUT2D eigenvalue weighted by molar-refractivity contribution is -0.155. The molecule has 0 bridgehead atoms. The van der Waals surface area contributed by atoms with Crippen molar-refractivity contribution in [3.63, 3.8) is 0 Å². The molecule has 6 nitrogen and oxygen atoms in total. The van der Waals surface area contributed by atoms with Gasteiger partial charge in [-0.3, -0.25) is 9.69 Å². The lowest BCUT2D eigenvalue weighted by atomic mass is 10.2. The first-order valence-corrected chi connectivity index (χ1v) is 6.87. The Bertz CT molecular complexity index is 486. The zero-order valence-corrected chi connectivity index (χ0v) is 13.3. The van der Waals surface area contributed by atoms with Crippen molar-refractivity contribution in [1.82, 2.24) is 4.90 Å². The Balaban J connectivity index is 2.50. The van der Waals surface area contributed by atoms with Crippen molar-refractivity contribution < 1.29 is 23.5 Å². The molecule has 0 aliphatic heterocycles. The minimum absolute atomic E-state index is 0.146. The molecule has 1 aromatic heterocycles. The summed E-state index contributed by atoms with van der Waals surface area (Å²) >= 11 is 0. The van der Waals surface area contributed by atoms with E-state index in [0.717, 1.165) is 0 Å². The fourth-order valence-corrected chi connectivity index (χ4v) is 1.69. The SMILES string of the molecule is CCOC(=O)c1ccc(CN(C)CC(=O)OC(C)(C)C)o1. The Morgan fingerprint density at radius 2 is 1.95 bits per heavy atom. The summed E-state index contributed by atoms with van der Waals surface area (Å²) in [5.74, 6) is -0.0395. The summed E-state index contributed by atoms with van der Waals surface area (Å²) in [5.41, 5.74) is -0.500. The van der Waals surface area contributed by atoms with Crippen molar-refractivity contribution in [1.29, 1.82) is 0 Å². The van der Waals surface area contributed by atoms with Crippen LogP contribution in [0.15, 0.2) is 16.5 Å². The van der Waals surface area contributed by atoms with Crippen LogP contribution < -0.4 is 0 Å². The highest BCUT2D eigenvalue weighted by Crippen LogP contribution is 2.12. The molecule has 0 fully saturated rings. The molecule has 0 aliphatic carbocycles. The summed E-state index contributed by atoms with van der Waals surface area (Å²) in [6.07, 6.45) is 0. The zero-order valence-electron chi connectivity index (χ0n) is 13.3. The van der Waals surface area contributed by atoms with Gasteiger partial charge in [-0.25, -0.2) is 4.79 Å². The minimum atomic E-state index is -0.500. The van der Waals surface area contributed by atoms with Crippen LogP contribution >= 0.6 is 0 Å². The van der Waals surface area contributed by atoms with Crippen LogP contribution in [0.2, 0.25) is 0 Å². The molecule has 0 atom stereocenters. The molecule has 1 rings (SSSR count). The first-order valence-electron chi connectivity index (χ1n) is 6.87. The molecule has 0 saturated carbocycles. The van der Waals surface area contributed by atoms with E-state index in [1.54, 1.807) is 31.0 Å². The van der Waals surface area contributed by atoms with Crippen LogP contribution in [0.5, 0.6) is 0 Å².